The van der Waals surface area contributed by atoms with Gasteiger partial charge in [-0.25, -0.2) is 0 Å². The molecule has 0 radical (unpaired) electrons. The topological polar surface area (TPSA) is 0 Å². The van der Waals surface area contributed by atoms with Gasteiger partial charge in [-0.05, 0) is 55.6 Å². The van der Waals surface area contributed by atoms with Gasteiger partial charge in [0.25, 0.3) is 0 Å². The zero-order valence-corrected chi connectivity index (χ0v) is 13.6. The molecule has 0 saturated carbocycles. The zero-order valence-electron chi connectivity index (χ0n) is 13.6. The summed E-state index contributed by atoms with van der Waals surface area (Å²) in [6.07, 6.45) is 0. The third-order valence-corrected chi connectivity index (χ3v) is 6.41. The van der Waals surface area contributed by atoms with Crippen LogP contribution >= 0.6 is 0 Å². The minimum absolute atomic E-state index is 0.106. The molecule has 0 aromatic heterocycles. The second kappa shape index (κ2) is 3.75. The summed E-state index contributed by atoms with van der Waals surface area (Å²) in [5.41, 5.74) is 14.3. The number of hydrogen-bond acceptors (Lipinski definition) is 0. The molecule has 0 N–H and O–H groups in total. The van der Waals surface area contributed by atoms with E-state index in [1.54, 1.807) is 0 Å². The van der Waals surface area contributed by atoms with Crippen LogP contribution in [-0.2, 0) is 5.41 Å². The van der Waals surface area contributed by atoms with Crippen molar-refractivity contribution in [1.82, 2.24) is 0 Å². The summed E-state index contributed by atoms with van der Waals surface area (Å²) in [5.74, 6) is 0. The zero-order chi connectivity index (χ0) is 16.2. The molecular formula is C25H14. The van der Waals surface area contributed by atoms with Gasteiger partial charge >= 0.3 is 0 Å². The van der Waals surface area contributed by atoms with Crippen LogP contribution in [0.15, 0.2) is 84.9 Å². The van der Waals surface area contributed by atoms with Crippen LogP contribution in [0, 0.1) is 0 Å². The van der Waals surface area contributed by atoms with E-state index < -0.39 is 0 Å². The lowest BCUT2D eigenvalue weighted by Gasteiger charge is -2.27. The van der Waals surface area contributed by atoms with Crippen molar-refractivity contribution >= 4 is 0 Å². The van der Waals surface area contributed by atoms with E-state index in [1.165, 1.54) is 55.6 Å². The van der Waals surface area contributed by atoms with Crippen LogP contribution in [0.2, 0.25) is 0 Å². The van der Waals surface area contributed by atoms with Gasteiger partial charge in [-0.15, -0.1) is 0 Å². The smallest absolute Gasteiger partial charge is 0.0619 e. The second-order valence-electron chi connectivity index (χ2n) is 7.30. The van der Waals surface area contributed by atoms with Crippen LogP contribution in [0.1, 0.15) is 22.3 Å². The first-order valence-corrected chi connectivity index (χ1v) is 8.89. The third-order valence-electron chi connectivity index (χ3n) is 6.41. The van der Waals surface area contributed by atoms with Crippen LogP contribution in [0.5, 0.6) is 0 Å². The number of benzene rings is 4. The lowest BCUT2D eigenvalue weighted by atomic mass is 9.73. The Labute approximate surface area is 146 Å². The summed E-state index contributed by atoms with van der Waals surface area (Å²) in [6, 6.07) is 31.7. The van der Waals surface area contributed by atoms with E-state index in [4.69, 9.17) is 0 Å². The monoisotopic (exact) mass is 314 g/mol. The average molecular weight is 314 g/mol. The van der Waals surface area contributed by atoms with Crippen molar-refractivity contribution in [3.63, 3.8) is 0 Å². The van der Waals surface area contributed by atoms with Crippen molar-refractivity contribution in [3.8, 4) is 33.4 Å². The SMILES string of the molecule is c1ccc2c(c1)-c1cccc3c1C21c2ccccc2-c2cccc-3c21. The lowest BCUT2D eigenvalue weighted by molar-refractivity contribution is 0.818. The maximum absolute atomic E-state index is 2.34. The van der Waals surface area contributed by atoms with Crippen LogP contribution in [-0.4, -0.2) is 0 Å². The molecule has 4 aromatic carbocycles. The van der Waals surface area contributed by atoms with Gasteiger partial charge in [0.2, 0.25) is 0 Å². The van der Waals surface area contributed by atoms with Crippen molar-refractivity contribution < 1.29 is 0 Å². The third kappa shape index (κ3) is 1.08. The first-order valence-electron chi connectivity index (χ1n) is 8.89. The standard InChI is InChI=1S/C25H14/c1-3-13-21-15(7-1)17-9-5-11-19-20-12-6-10-18-16-8-2-4-14-22(16)25(21,23(17)19)24(18)20/h1-14H. The van der Waals surface area contributed by atoms with Crippen molar-refractivity contribution in [2.45, 2.75) is 5.41 Å². The Bertz CT molecular complexity index is 1120. The fourth-order valence-electron chi connectivity index (χ4n) is 5.71. The fourth-order valence-corrected chi connectivity index (χ4v) is 5.71. The summed E-state index contributed by atoms with van der Waals surface area (Å²) >= 11 is 0. The molecule has 0 bridgehead atoms. The highest BCUT2D eigenvalue weighted by Gasteiger charge is 2.56. The first-order chi connectivity index (χ1) is 12.4. The van der Waals surface area contributed by atoms with E-state index in [2.05, 4.69) is 84.9 Å². The Hall–Kier alpha value is -3.12. The van der Waals surface area contributed by atoms with E-state index in [1.807, 2.05) is 0 Å². The van der Waals surface area contributed by atoms with Crippen molar-refractivity contribution in [1.29, 1.82) is 0 Å². The van der Waals surface area contributed by atoms with Gasteiger partial charge in [0.1, 0.15) is 0 Å². The lowest BCUT2D eigenvalue weighted by Crippen LogP contribution is -2.23. The molecule has 0 heterocycles. The van der Waals surface area contributed by atoms with Gasteiger partial charge in [0.15, 0.2) is 0 Å². The molecule has 25 heavy (non-hydrogen) atoms. The Balaban J connectivity index is 1.84. The van der Waals surface area contributed by atoms with Crippen LogP contribution < -0.4 is 0 Å². The summed E-state index contributed by atoms with van der Waals surface area (Å²) in [5, 5.41) is 0. The molecule has 0 heteroatoms. The molecule has 4 aromatic rings. The van der Waals surface area contributed by atoms with Gasteiger partial charge in [-0.3, -0.25) is 0 Å². The van der Waals surface area contributed by atoms with Crippen LogP contribution in [0.3, 0.4) is 0 Å². The molecule has 0 atom stereocenters. The Morgan fingerprint density at radius 3 is 1.20 bits per heavy atom. The molecule has 0 unspecified atom stereocenters. The molecule has 0 aliphatic heterocycles. The first kappa shape index (κ1) is 12.3. The predicted octanol–water partition coefficient (Wildman–Crippen LogP) is 6.01. The molecule has 0 amide bonds. The second-order valence-corrected chi connectivity index (χ2v) is 7.30. The van der Waals surface area contributed by atoms with Gasteiger partial charge < -0.3 is 0 Å². The molecule has 3 aliphatic rings. The van der Waals surface area contributed by atoms with E-state index >= 15 is 0 Å². The molecule has 0 nitrogen and oxygen atoms in total. The van der Waals surface area contributed by atoms with E-state index in [9.17, 15) is 0 Å². The Morgan fingerprint density at radius 2 is 0.720 bits per heavy atom. The summed E-state index contributed by atoms with van der Waals surface area (Å²) in [6.45, 7) is 0. The fraction of sp³-hybridized carbons (Fsp3) is 0.0400. The minimum atomic E-state index is -0.106. The van der Waals surface area contributed by atoms with Gasteiger partial charge in [-0.2, -0.15) is 0 Å². The van der Waals surface area contributed by atoms with Gasteiger partial charge in [0, 0.05) is 0 Å². The highest BCUT2D eigenvalue weighted by molar-refractivity contribution is 6.05. The molecule has 7 rings (SSSR count). The van der Waals surface area contributed by atoms with Crippen LogP contribution in [0.25, 0.3) is 33.4 Å². The van der Waals surface area contributed by atoms with Gasteiger partial charge in [-0.1, -0.05) is 84.9 Å². The average Bonchev–Trinajstić information content (AvgIpc) is 3.27. The number of fused-ring (bicyclic) bond motifs is 5. The minimum Gasteiger partial charge on any atom is -0.0619 e. The molecular weight excluding hydrogens is 300 g/mol. The molecule has 0 saturated heterocycles. The number of rotatable bonds is 0. The molecule has 3 aliphatic carbocycles. The van der Waals surface area contributed by atoms with Gasteiger partial charge in [0.05, 0.1) is 5.41 Å². The maximum Gasteiger partial charge on any atom is 0.0737 e. The summed E-state index contributed by atoms with van der Waals surface area (Å²) in [4.78, 5) is 0. The normalized spacial score (nSPS) is 15.5. The van der Waals surface area contributed by atoms with E-state index in [0.717, 1.165) is 0 Å². The molecule has 0 fully saturated rings. The summed E-state index contributed by atoms with van der Waals surface area (Å²) < 4.78 is 0. The molecule has 1 spiro atoms. The predicted molar refractivity (Wildman–Crippen MR) is 102 cm³/mol. The highest BCUT2D eigenvalue weighted by Crippen LogP contribution is 2.69. The largest absolute Gasteiger partial charge is 0.0737 e. The quantitative estimate of drug-likeness (QED) is 0.321. The van der Waals surface area contributed by atoms with Crippen molar-refractivity contribution in [2.75, 3.05) is 0 Å². The number of hydrogen-bond donors (Lipinski definition) is 0. The van der Waals surface area contributed by atoms with E-state index in [-0.39, 0.29) is 5.41 Å². The molecule has 114 valence electrons. The van der Waals surface area contributed by atoms with Crippen molar-refractivity contribution in [3.05, 3.63) is 107 Å². The Morgan fingerprint density at radius 1 is 0.360 bits per heavy atom. The Kier molecular flexibility index (Phi) is 1.84. The van der Waals surface area contributed by atoms with Crippen LogP contribution in [0.4, 0.5) is 0 Å². The van der Waals surface area contributed by atoms with E-state index in [0.29, 0.717) is 0 Å². The summed E-state index contributed by atoms with van der Waals surface area (Å²) in [7, 11) is 0. The van der Waals surface area contributed by atoms with Crippen molar-refractivity contribution in [2.24, 2.45) is 0 Å². The highest BCUT2D eigenvalue weighted by atomic mass is 14.6. The maximum atomic E-state index is 2.34.